The number of aryl methyl sites for hydroxylation is 2. The minimum atomic E-state index is -1.42. The molecule has 1 heterocycles. The molecule has 0 radical (unpaired) electrons. The van der Waals surface area contributed by atoms with E-state index in [0.29, 0.717) is 5.59 Å². The van der Waals surface area contributed by atoms with Crippen LogP contribution in [-0.2, 0) is 6.54 Å². The molecule has 0 amide bonds. The van der Waals surface area contributed by atoms with Crippen molar-refractivity contribution in [2.75, 3.05) is 0 Å². The third-order valence-electron chi connectivity index (χ3n) is 2.16. The predicted molar refractivity (Wildman–Crippen MR) is 51.8 cm³/mol. The molecule has 0 aliphatic rings. The van der Waals surface area contributed by atoms with E-state index in [1.807, 2.05) is 20.8 Å². The molecule has 0 saturated heterocycles. The van der Waals surface area contributed by atoms with Crippen LogP contribution in [0.3, 0.4) is 0 Å². The van der Waals surface area contributed by atoms with Crippen molar-refractivity contribution in [1.29, 1.82) is 0 Å². The molecular formula is C8H15BN2O2. The van der Waals surface area contributed by atoms with Crippen molar-refractivity contribution in [3.8, 4) is 0 Å². The molecule has 2 N–H and O–H groups in total. The number of nitrogens with zero attached hydrogens (tertiary/aromatic N) is 2. The summed E-state index contributed by atoms with van der Waals surface area (Å²) in [7, 11) is -1.42. The van der Waals surface area contributed by atoms with Gasteiger partial charge in [-0.05, 0) is 25.8 Å². The highest BCUT2D eigenvalue weighted by Gasteiger charge is 2.21. The SMILES string of the molecule is CCCn1nc(C)c(C)c1B(O)O. The van der Waals surface area contributed by atoms with E-state index in [-0.39, 0.29) is 0 Å². The highest BCUT2D eigenvalue weighted by atomic mass is 16.4. The van der Waals surface area contributed by atoms with Gasteiger partial charge in [0.1, 0.15) is 0 Å². The second-order valence-electron chi connectivity index (χ2n) is 3.19. The zero-order valence-electron chi connectivity index (χ0n) is 8.28. The minimum Gasteiger partial charge on any atom is -0.422 e. The summed E-state index contributed by atoms with van der Waals surface area (Å²) in [4.78, 5) is 0. The zero-order chi connectivity index (χ0) is 10.0. The molecule has 0 bridgehead atoms. The Kier molecular flexibility index (Phi) is 3.11. The van der Waals surface area contributed by atoms with E-state index >= 15 is 0 Å². The van der Waals surface area contributed by atoms with Crippen molar-refractivity contribution < 1.29 is 10.0 Å². The van der Waals surface area contributed by atoms with Gasteiger partial charge in [0, 0.05) is 6.54 Å². The van der Waals surface area contributed by atoms with E-state index in [9.17, 15) is 0 Å². The minimum absolute atomic E-state index is 0.513. The lowest BCUT2D eigenvalue weighted by Gasteiger charge is -2.05. The van der Waals surface area contributed by atoms with Crippen molar-refractivity contribution in [3.05, 3.63) is 11.3 Å². The van der Waals surface area contributed by atoms with Gasteiger partial charge in [-0.3, -0.25) is 4.68 Å². The fraction of sp³-hybridized carbons (Fsp3) is 0.625. The largest absolute Gasteiger partial charge is 0.508 e. The van der Waals surface area contributed by atoms with Crippen molar-refractivity contribution in [2.45, 2.75) is 33.7 Å². The number of rotatable bonds is 3. The van der Waals surface area contributed by atoms with Crippen molar-refractivity contribution in [3.63, 3.8) is 0 Å². The maximum absolute atomic E-state index is 9.12. The van der Waals surface area contributed by atoms with E-state index in [1.54, 1.807) is 4.68 Å². The number of hydrogen-bond donors (Lipinski definition) is 2. The lowest BCUT2D eigenvalue weighted by molar-refractivity contribution is 0.419. The van der Waals surface area contributed by atoms with Crippen LogP contribution in [0.5, 0.6) is 0 Å². The van der Waals surface area contributed by atoms with Crippen LogP contribution in [0.1, 0.15) is 24.6 Å². The summed E-state index contributed by atoms with van der Waals surface area (Å²) in [6, 6.07) is 0. The average Bonchev–Trinajstić information content (AvgIpc) is 2.28. The van der Waals surface area contributed by atoms with E-state index in [4.69, 9.17) is 10.0 Å². The summed E-state index contributed by atoms with van der Waals surface area (Å²) in [6.07, 6.45) is 0.931. The van der Waals surface area contributed by atoms with Crippen molar-refractivity contribution in [2.24, 2.45) is 0 Å². The normalized spacial score (nSPS) is 10.5. The lowest BCUT2D eigenvalue weighted by Crippen LogP contribution is -2.38. The molecule has 0 spiro atoms. The molecule has 1 aromatic rings. The van der Waals surface area contributed by atoms with Gasteiger partial charge in [0.2, 0.25) is 0 Å². The molecule has 0 aromatic carbocycles. The van der Waals surface area contributed by atoms with E-state index in [0.717, 1.165) is 24.2 Å². The van der Waals surface area contributed by atoms with E-state index in [2.05, 4.69) is 5.10 Å². The van der Waals surface area contributed by atoms with Crippen LogP contribution in [0.15, 0.2) is 0 Å². The van der Waals surface area contributed by atoms with Crippen LogP contribution in [0.2, 0.25) is 0 Å². The maximum atomic E-state index is 9.12. The van der Waals surface area contributed by atoms with Gasteiger partial charge < -0.3 is 10.0 Å². The summed E-state index contributed by atoms with van der Waals surface area (Å²) >= 11 is 0. The van der Waals surface area contributed by atoms with Crippen molar-refractivity contribution >= 4 is 12.7 Å². The first kappa shape index (κ1) is 10.3. The second kappa shape index (κ2) is 3.94. The summed E-state index contributed by atoms with van der Waals surface area (Å²) in [5.74, 6) is 0. The Bertz CT molecular complexity index is 297. The highest BCUT2D eigenvalue weighted by Crippen LogP contribution is 2.02. The van der Waals surface area contributed by atoms with Gasteiger partial charge in [-0.1, -0.05) is 6.92 Å². The van der Waals surface area contributed by atoms with E-state index < -0.39 is 7.12 Å². The quantitative estimate of drug-likeness (QED) is 0.624. The van der Waals surface area contributed by atoms with Crippen LogP contribution < -0.4 is 5.59 Å². The Morgan fingerprint density at radius 2 is 2.00 bits per heavy atom. The monoisotopic (exact) mass is 182 g/mol. The Balaban J connectivity index is 3.11. The Morgan fingerprint density at radius 1 is 1.38 bits per heavy atom. The zero-order valence-corrected chi connectivity index (χ0v) is 8.28. The van der Waals surface area contributed by atoms with Gasteiger partial charge in [-0.15, -0.1) is 0 Å². The van der Waals surface area contributed by atoms with Gasteiger partial charge in [0.25, 0.3) is 0 Å². The van der Waals surface area contributed by atoms with Crippen LogP contribution in [0.4, 0.5) is 0 Å². The fourth-order valence-corrected chi connectivity index (χ4v) is 1.40. The molecule has 13 heavy (non-hydrogen) atoms. The lowest BCUT2D eigenvalue weighted by atomic mass is 9.82. The van der Waals surface area contributed by atoms with Crippen LogP contribution in [0.25, 0.3) is 0 Å². The van der Waals surface area contributed by atoms with Gasteiger partial charge in [0.05, 0.1) is 11.3 Å². The molecule has 5 heteroatoms. The molecule has 1 aromatic heterocycles. The van der Waals surface area contributed by atoms with Crippen LogP contribution in [0, 0.1) is 13.8 Å². The molecule has 1 rings (SSSR count). The van der Waals surface area contributed by atoms with Gasteiger partial charge in [-0.2, -0.15) is 5.10 Å². The number of aromatic nitrogens is 2. The molecule has 0 unspecified atom stereocenters. The van der Waals surface area contributed by atoms with Crippen LogP contribution >= 0.6 is 0 Å². The van der Waals surface area contributed by atoms with Crippen molar-refractivity contribution in [1.82, 2.24) is 9.78 Å². The third-order valence-corrected chi connectivity index (χ3v) is 2.16. The van der Waals surface area contributed by atoms with Gasteiger partial charge in [-0.25, -0.2) is 0 Å². The van der Waals surface area contributed by atoms with Gasteiger partial charge >= 0.3 is 7.12 Å². The first-order valence-electron chi connectivity index (χ1n) is 4.48. The first-order valence-corrected chi connectivity index (χ1v) is 4.48. The summed E-state index contributed by atoms with van der Waals surface area (Å²) in [5, 5.41) is 22.5. The smallest absolute Gasteiger partial charge is 0.422 e. The van der Waals surface area contributed by atoms with Gasteiger partial charge in [0.15, 0.2) is 0 Å². The molecular weight excluding hydrogens is 167 g/mol. The Hall–Kier alpha value is -0.805. The standard InChI is InChI=1S/C8H15BN2O2/c1-4-5-11-8(9(12)13)6(2)7(3)10-11/h12-13H,4-5H2,1-3H3. The Morgan fingerprint density at radius 3 is 2.46 bits per heavy atom. The fourth-order valence-electron chi connectivity index (χ4n) is 1.40. The molecule has 72 valence electrons. The molecule has 0 atom stereocenters. The first-order chi connectivity index (χ1) is 6.07. The summed E-state index contributed by atoms with van der Waals surface area (Å²) < 4.78 is 1.66. The molecule has 0 aliphatic heterocycles. The highest BCUT2D eigenvalue weighted by molar-refractivity contribution is 6.58. The average molecular weight is 182 g/mol. The third kappa shape index (κ3) is 1.92. The summed E-state index contributed by atoms with van der Waals surface area (Å²) in [6.45, 7) is 6.47. The molecule has 0 fully saturated rings. The Labute approximate surface area is 78.3 Å². The molecule has 4 nitrogen and oxygen atoms in total. The van der Waals surface area contributed by atoms with Crippen LogP contribution in [-0.4, -0.2) is 26.9 Å². The molecule has 0 aliphatic carbocycles. The number of hydrogen-bond acceptors (Lipinski definition) is 3. The topological polar surface area (TPSA) is 58.3 Å². The predicted octanol–water partition coefficient (Wildman–Crippen LogP) is -0.410. The molecule has 0 saturated carbocycles. The second-order valence-corrected chi connectivity index (χ2v) is 3.19. The van der Waals surface area contributed by atoms with E-state index in [1.165, 1.54) is 0 Å². The maximum Gasteiger partial charge on any atom is 0.508 e. The summed E-state index contributed by atoms with van der Waals surface area (Å²) in [5.41, 5.74) is 2.24.